The fourth-order valence-corrected chi connectivity index (χ4v) is 2.71. The van der Waals surface area contributed by atoms with Crippen LogP contribution in [0.4, 0.5) is 23.1 Å². The second-order valence-corrected chi connectivity index (χ2v) is 6.48. The number of aromatic nitrogens is 3. The van der Waals surface area contributed by atoms with Crippen LogP contribution in [0, 0.1) is 6.92 Å². The van der Waals surface area contributed by atoms with Gasteiger partial charge in [0.1, 0.15) is 11.6 Å². The molecule has 0 spiro atoms. The van der Waals surface area contributed by atoms with Crippen LogP contribution in [-0.4, -0.2) is 27.5 Å². The Morgan fingerprint density at radius 2 is 1.93 bits per heavy atom. The number of nitrogens with zero attached hydrogens (tertiary/aromatic N) is 2. The number of aryl methyl sites for hydroxylation is 1. The van der Waals surface area contributed by atoms with Gasteiger partial charge < -0.3 is 25.5 Å². The minimum atomic E-state index is -0.538. The molecule has 2 aromatic carbocycles. The molecule has 0 saturated heterocycles. The van der Waals surface area contributed by atoms with Gasteiger partial charge in [-0.15, -0.1) is 0 Å². The van der Waals surface area contributed by atoms with Gasteiger partial charge in [-0.2, -0.15) is 4.98 Å². The normalized spacial score (nSPS) is 10.7. The summed E-state index contributed by atoms with van der Waals surface area (Å²) < 4.78 is 10.2. The molecular weight excluding hydrogens is 388 g/mol. The zero-order valence-corrected chi connectivity index (χ0v) is 15.9. The lowest BCUT2D eigenvalue weighted by molar-refractivity contribution is -0.119. The molecular formula is C20H18N6O4. The number of primary amides is 1. The standard InChI is InChI=1S/C20H18N6O4/c1-11-9-22-19(24-12-2-5-14(6-3-12)29-10-17(21)27)26-18(11)23-13-4-7-16-15(8-13)25-20(28)30-16/h2-9H,10H2,1H3,(H2,21,27)(H,25,28)(H2,22,23,24,26). The molecule has 4 rings (SSSR count). The van der Waals surface area contributed by atoms with Gasteiger partial charge in [-0.25, -0.2) is 9.78 Å². The molecule has 0 aliphatic rings. The third-order valence-corrected chi connectivity index (χ3v) is 4.14. The summed E-state index contributed by atoms with van der Waals surface area (Å²) >= 11 is 0. The molecule has 10 heteroatoms. The molecule has 2 aromatic heterocycles. The number of aromatic amines is 1. The lowest BCUT2D eigenvalue weighted by Gasteiger charge is -2.11. The Balaban J connectivity index is 1.49. The SMILES string of the molecule is Cc1cnc(Nc2ccc(OCC(N)=O)cc2)nc1Nc1ccc2oc(=O)[nH]c2c1. The summed E-state index contributed by atoms with van der Waals surface area (Å²) in [5.74, 6) is 0.492. The summed E-state index contributed by atoms with van der Waals surface area (Å²) in [7, 11) is 0. The number of anilines is 4. The van der Waals surface area contributed by atoms with Gasteiger partial charge in [-0.1, -0.05) is 0 Å². The van der Waals surface area contributed by atoms with Crippen molar-refractivity contribution in [2.45, 2.75) is 6.92 Å². The first kappa shape index (κ1) is 19.0. The Kier molecular flexibility index (Phi) is 5.04. The number of ether oxygens (including phenoxy) is 1. The van der Waals surface area contributed by atoms with E-state index in [4.69, 9.17) is 14.9 Å². The summed E-state index contributed by atoms with van der Waals surface area (Å²) in [5.41, 5.74) is 8.46. The van der Waals surface area contributed by atoms with Gasteiger partial charge in [0.25, 0.3) is 5.91 Å². The molecule has 0 atom stereocenters. The maximum absolute atomic E-state index is 11.3. The molecule has 0 fully saturated rings. The highest BCUT2D eigenvalue weighted by molar-refractivity contribution is 5.78. The smallest absolute Gasteiger partial charge is 0.417 e. The van der Waals surface area contributed by atoms with Crippen molar-refractivity contribution >= 4 is 40.1 Å². The Hall–Kier alpha value is -4.34. The van der Waals surface area contributed by atoms with Crippen LogP contribution in [0.25, 0.3) is 11.1 Å². The largest absolute Gasteiger partial charge is 0.484 e. The van der Waals surface area contributed by atoms with Crippen molar-refractivity contribution in [3.05, 3.63) is 64.8 Å². The highest BCUT2D eigenvalue weighted by atomic mass is 16.5. The van der Waals surface area contributed by atoms with E-state index in [1.165, 1.54) is 0 Å². The van der Waals surface area contributed by atoms with E-state index in [-0.39, 0.29) is 6.61 Å². The first-order valence-corrected chi connectivity index (χ1v) is 8.98. The van der Waals surface area contributed by atoms with E-state index in [1.54, 1.807) is 48.7 Å². The number of H-pyrrole nitrogens is 1. The van der Waals surface area contributed by atoms with Crippen LogP contribution in [0.15, 0.2) is 57.9 Å². The van der Waals surface area contributed by atoms with Crippen LogP contribution in [0.2, 0.25) is 0 Å². The number of nitrogens with one attached hydrogen (secondary N) is 3. The minimum absolute atomic E-state index is 0.179. The van der Waals surface area contributed by atoms with Crippen molar-refractivity contribution in [1.29, 1.82) is 0 Å². The molecule has 5 N–H and O–H groups in total. The first-order chi connectivity index (χ1) is 14.5. The number of benzene rings is 2. The average molecular weight is 406 g/mol. The van der Waals surface area contributed by atoms with Gasteiger partial charge in [0, 0.05) is 23.1 Å². The van der Waals surface area contributed by atoms with Crippen LogP contribution in [0.5, 0.6) is 5.75 Å². The van der Waals surface area contributed by atoms with Crippen LogP contribution in [0.3, 0.4) is 0 Å². The van der Waals surface area contributed by atoms with E-state index in [0.29, 0.717) is 28.6 Å². The number of fused-ring (bicyclic) bond motifs is 1. The molecule has 0 aliphatic carbocycles. The van der Waals surface area contributed by atoms with Crippen molar-refractivity contribution in [3.8, 4) is 5.75 Å². The lowest BCUT2D eigenvalue weighted by Crippen LogP contribution is -2.19. The van der Waals surface area contributed by atoms with Crippen LogP contribution >= 0.6 is 0 Å². The van der Waals surface area contributed by atoms with Crippen LogP contribution in [0.1, 0.15) is 5.56 Å². The quantitative estimate of drug-likeness (QED) is 0.366. The van der Waals surface area contributed by atoms with E-state index in [9.17, 15) is 9.59 Å². The van der Waals surface area contributed by atoms with E-state index < -0.39 is 11.7 Å². The Morgan fingerprint density at radius 1 is 1.17 bits per heavy atom. The number of hydrogen-bond acceptors (Lipinski definition) is 8. The van der Waals surface area contributed by atoms with Gasteiger partial charge in [0.15, 0.2) is 12.2 Å². The molecule has 30 heavy (non-hydrogen) atoms. The number of amides is 1. The van der Waals surface area contributed by atoms with Gasteiger partial charge in [-0.05, 0) is 49.4 Å². The van der Waals surface area contributed by atoms with Crippen LogP contribution in [-0.2, 0) is 4.79 Å². The molecule has 0 bridgehead atoms. The molecule has 0 unspecified atom stereocenters. The minimum Gasteiger partial charge on any atom is -0.484 e. The highest BCUT2D eigenvalue weighted by Crippen LogP contribution is 2.24. The van der Waals surface area contributed by atoms with Crippen molar-refractivity contribution in [2.24, 2.45) is 5.73 Å². The summed E-state index contributed by atoms with van der Waals surface area (Å²) in [6.45, 7) is 1.70. The third-order valence-electron chi connectivity index (χ3n) is 4.14. The van der Waals surface area contributed by atoms with E-state index >= 15 is 0 Å². The van der Waals surface area contributed by atoms with Crippen molar-refractivity contribution in [3.63, 3.8) is 0 Å². The summed E-state index contributed by atoms with van der Waals surface area (Å²) in [6.07, 6.45) is 1.69. The molecule has 0 saturated carbocycles. The van der Waals surface area contributed by atoms with E-state index in [2.05, 4.69) is 25.6 Å². The molecule has 10 nitrogen and oxygen atoms in total. The van der Waals surface area contributed by atoms with E-state index in [1.807, 2.05) is 6.92 Å². The highest BCUT2D eigenvalue weighted by Gasteiger charge is 2.08. The van der Waals surface area contributed by atoms with Gasteiger partial charge in [0.05, 0.1) is 5.52 Å². The van der Waals surface area contributed by atoms with Gasteiger partial charge in [0.2, 0.25) is 5.95 Å². The zero-order chi connectivity index (χ0) is 21.1. The number of carbonyl (C=O) groups excluding carboxylic acids is 1. The Bertz CT molecular complexity index is 1260. The number of oxazole rings is 1. The van der Waals surface area contributed by atoms with Gasteiger partial charge >= 0.3 is 5.76 Å². The van der Waals surface area contributed by atoms with Crippen molar-refractivity contribution in [2.75, 3.05) is 17.2 Å². The fourth-order valence-electron chi connectivity index (χ4n) is 2.71. The lowest BCUT2D eigenvalue weighted by atomic mass is 10.2. The van der Waals surface area contributed by atoms with Crippen molar-refractivity contribution in [1.82, 2.24) is 15.0 Å². The molecule has 4 aromatic rings. The fraction of sp³-hybridized carbons (Fsp3) is 0.100. The topological polar surface area (TPSA) is 148 Å². The Labute approximate surface area is 170 Å². The monoisotopic (exact) mass is 406 g/mol. The first-order valence-electron chi connectivity index (χ1n) is 8.98. The number of hydrogen-bond donors (Lipinski definition) is 4. The summed E-state index contributed by atoms with van der Waals surface area (Å²) in [5, 5.41) is 6.33. The molecule has 0 aliphatic heterocycles. The van der Waals surface area contributed by atoms with E-state index in [0.717, 1.165) is 16.9 Å². The second-order valence-electron chi connectivity index (χ2n) is 6.48. The Morgan fingerprint density at radius 3 is 2.70 bits per heavy atom. The average Bonchev–Trinajstić information content (AvgIpc) is 3.09. The summed E-state index contributed by atoms with van der Waals surface area (Å²) in [6, 6.07) is 12.2. The molecule has 0 radical (unpaired) electrons. The predicted molar refractivity (Wildman–Crippen MR) is 111 cm³/mol. The molecule has 1 amide bonds. The zero-order valence-electron chi connectivity index (χ0n) is 15.9. The molecule has 2 heterocycles. The number of nitrogens with two attached hydrogens (primary N) is 1. The number of rotatable bonds is 7. The summed E-state index contributed by atoms with van der Waals surface area (Å²) in [4.78, 5) is 33.5. The number of carbonyl (C=O) groups is 1. The predicted octanol–water partition coefficient (Wildman–Crippen LogP) is 2.57. The third kappa shape index (κ3) is 4.38. The molecule has 152 valence electrons. The van der Waals surface area contributed by atoms with Crippen molar-refractivity contribution < 1.29 is 13.9 Å². The second kappa shape index (κ2) is 7.95. The van der Waals surface area contributed by atoms with Gasteiger partial charge in [-0.3, -0.25) is 9.78 Å². The maximum Gasteiger partial charge on any atom is 0.417 e. The maximum atomic E-state index is 11.3. The van der Waals surface area contributed by atoms with Crippen LogP contribution < -0.4 is 26.9 Å².